The molecule has 2 aliphatic rings. The maximum atomic E-state index is 13.8. The lowest BCUT2D eigenvalue weighted by molar-refractivity contribution is 0.169. The molecule has 2 heterocycles. The second-order valence-corrected chi connectivity index (χ2v) is 6.45. The molecule has 0 aliphatic carbocycles. The summed E-state index contributed by atoms with van der Waals surface area (Å²) >= 11 is 0. The third-order valence-electron chi connectivity index (χ3n) is 4.63. The highest BCUT2D eigenvalue weighted by Crippen LogP contribution is 2.27. The summed E-state index contributed by atoms with van der Waals surface area (Å²) in [5, 5.41) is 3.46. The standard InChI is InChI=1S/C16H24FN3/c1-16(6-7-18-12-16)13-19-8-10-20(11-9-19)15-5-3-2-4-14(15)17/h2-5,18H,6-13H2,1H3. The van der Waals surface area contributed by atoms with Crippen molar-refractivity contribution in [3.05, 3.63) is 30.1 Å². The van der Waals surface area contributed by atoms with E-state index in [4.69, 9.17) is 0 Å². The summed E-state index contributed by atoms with van der Waals surface area (Å²) in [4.78, 5) is 4.70. The molecule has 2 saturated heterocycles. The van der Waals surface area contributed by atoms with E-state index >= 15 is 0 Å². The van der Waals surface area contributed by atoms with Gasteiger partial charge in [-0.05, 0) is 30.5 Å². The number of para-hydroxylation sites is 1. The third-order valence-corrected chi connectivity index (χ3v) is 4.63. The van der Waals surface area contributed by atoms with Crippen molar-refractivity contribution in [1.82, 2.24) is 10.2 Å². The molecule has 1 N–H and O–H groups in total. The van der Waals surface area contributed by atoms with E-state index < -0.39 is 0 Å². The smallest absolute Gasteiger partial charge is 0.146 e. The molecule has 0 radical (unpaired) electrons. The predicted molar refractivity (Wildman–Crippen MR) is 80.6 cm³/mol. The van der Waals surface area contributed by atoms with Gasteiger partial charge in [0.15, 0.2) is 0 Å². The van der Waals surface area contributed by atoms with E-state index in [1.54, 1.807) is 12.1 Å². The van der Waals surface area contributed by atoms with E-state index in [9.17, 15) is 4.39 Å². The van der Waals surface area contributed by atoms with Crippen LogP contribution < -0.4 is 10.2 Å². The quantitative estimate of drug-likeness (QED) is 0.911. The van der Waals surface area contributed by atoms with Crippen molar-refractivity contribution in [1.29, 1.82) is 0 Å². The Morgan fingerprint density at radius 3 is 2.60 bits per heavy atom. The number of nitrogens with one attached hydrogen (secondary N) is 1. The Morgan fingerprint density at radius 2 is 1.95 bits per heavy atom. The van der Waals surface area contributed by atoms with Crippen LogP contribution in [0, 0.1) is 11.2 Å². The second kappa shape index (κ2) is 5.70. The van der Waals surface area contributed by atoms with Crippen molar-refractivity contribution in [3.8, 4) is 0 Å². The van der Waals surface area contributed by atoms with E-state index in [1.807, 2.05) is 12.1 Å². The highest BCUT2D eigenvalue weighted by atomic mass is 19.1. The number of halogens is 1. The number of hydrogen-bond donors (Lipinski definition) is 1. The summed E-state index contributed by atoms with van der Waals surface area (Å²) in [6.45, 7) is 9.70. The summed E-state index contributed by atoms with van der Waals surface area (Å²) in [6, 6.07) is 7.10. The summed E-state index contributed by atoms with van der Waals surface area (Å²) < 4.78 is 13.8. The molecule has 0 aromatic heterocycles. The maximum Gasteiger partial charge on any atom is 0.146 e. The fraction of sp³-hybridized carbons (Fsp3) is 0.625. The Bertz CT molecular complexity index is 449. The van der Waals surface area contributed by atoms with Crippen LogP contribution in [0.4, 0.5) is 10.1 Å². The normalized spacial score (nSPS) is 28.0. The first kappa shape index (κ1) is 13.8. The minimum absolute atomic E-state index is 0.104. The number of hydrogen-bond acceptors (Lipinski definition) is 3. The van der Waals surface area contributed by atoms with Crippen LogP contribution in [0.5, 0.6) is 0 Å². The van der Waals surface area contributed by atoms with Crippen LogP contribution in [0.2, 0.25) is 0 Å². The van der Waals surface area contributed by atoms with Crippen LogP contribution in [0.1, 0.15) is 13.3 Å². The molecular formula is C16H24FN3. The first-order valence-corrected chi connectivity index (χ1v) is 7.59. The molecule has 2 aliphatic heterocycles. The monoisotopic (exact) mass is 277 g/mol. The molecule has 3 rings (SSSR count). The van der Waals surface area contributed by atoms with Crippen LogP contribution in [0.3, 0.4) is 0 Å². The number of nitrogens with zero attached hydrogens (tertiary/aromatic N) is 2. The molecule has 1 atom stereocenters. The zero-order valence-corrected chi connectivity index (χ0v) is 12.2. The molecule has 0 amide bonds. The summed E-state index contributed by atoms with van der Waals surface area (Å²) in [5.74, 6) is -0.104. The van der Waals surface area contributed by atoms with Crippen LogP contribution in [0.15, 0.2) is 24.3 Å². The van der Waals surface area contributed by atoms with E-state index in [-0.39, 0.29) is 5.82 Å². The lowest BCUT2D eigenvalue weighted by atomic mass is 9.89. The van der Waals surface area contributed by atoms with Gasteiger partial charge in [0.05, 0.1) is 5.69 Å². The molecule has 3 nitrogen and oxygen atoms in total. The van der Waals surface area contributed by atoms with E-state index in [0.29, 0.717) is 5.41 Å². The second-order valence-electron chi connectivity index (χ2n) is 6.45. The highest BCUT2D eigenvalue weighted by molar-refractivity contribution is 5.47. The van der Waals surface area contributed by atoms with Crippen LogP contribution in [-0.2, 0) is 0 Å². The van der Waals surface area contributed by atoms with E-state index in [0.717, 1.165) is 51.5 Å². The van der Waals surface area contributed by atoms with Crippen LogP contribution in [-0.4, -0.2) is 50.7 Å². The highest BCUT2D eigenvalue weighted by Gasteiger charge is 2.31. The fourth-order valence-corrected chi connectivity index (χ4v) is 3.40. The number of piperazine rings is 1. The molecule has 0 saturated carbocycles. The summed E-state index contributed by atoms with van der Waals surface area (Å²) in [7, 11) is 0. The molecule has 1 unspecified atom stereocenters. The van der Waals surface area contributed by atoms with Gasteiger partial charge in [0.1, 0.15) is 5.82 Å². The molecule has 2 fully saturated rings. The molecule has 20 heavy (non-hydrogen) atoms. The Balaban J connectivity index is 1.56. The summed E-state index contributed by atoms with van der Waals surface area (Å²) in [5.41, 5.74) is 1.17. The number of benzene rings is 1. The zero-order valence-electron chi connectivity index (χ0n) is 12.2. The van der Waals surface area contributed by atoms with Crippen molar-refractivity contribution in [2.75, 3.05) is 50.7 Å². The van der Waals surface area contributed by atoms with Crippen molar-refractivity contribution in [2.24, 2.45) is 5.41 Å². The first-order chi connectivity index (χ1) is 9.66. The average Bonchev–Trinajstić information content (AvgIpc) is 2.87. The average molecular weight is 277 g/mol. The summed E-state index contributed by atoms with van der Waals surface area (Å²) in [6.07, 6.45) is 1.26. The molecular weight excluding hydrogens is 253 g/mol. The van der Waals surface area contributed by atoms with Crippen molar-refractivity contribution >= 4 is 5.69 Å². The van der Waals surface area contributed by atoms with Crippen molar-refractivity contribution in [3.63, 3.8) is 0 Å². The van der Waals surface area contributed by atoms with Crippen molar-refractivity contribution < 1.29 is 4.39 Å². The minimum atomic E-state index is -0.104. The van der Waals surface area contributed by atoms with Crippen LogP contribution >= 0.6 is 0 Å². The molecule has 0 spiro atoms. The maximum absolute atomic E-state index is 13.8. The van der Waals surface area contributed by atoms with Gasteiger partial charge >= 0.3 is 0 Å². The lowest BCUT2D eigenvalue weighted by Crippen LogP contribution is -2.50. The van der Waals surface area contributed by atoms with Gasteiger partial charge in [-0.3, -0.25) is 4.90 Å². The van der Waals surface area contributed by atoms with Gasteiger partial charge in [0.25, 0.3) is 0 Å². The van der Waals surface area contributed by atoms with Gasteiger partial charge in [0.2, 0.25) is 0 Å². The molecule has 1 aromatic carbocycles. The van der Waals surface area contributed by atoms with Gasteiger partial charge < -0.3 is 10.2 Å². The van der Waals surface area contributed by atoms with E-state index in [2.05, 4.69) is 22.0 Å². The Hall–Kier alpha value is -1.13. The molecule has 0 bridgehead atoms. The fourth-order valence-electron chi connectivity index (χ4n) is 3.40. The van der Waals surface area contributed by atoms with E-state index in [1.165, 1.54) is 6.42 Å². The van der Waals surface area contributed by atoms with Gasteiger partial charge in [-0.1, -0.05) is 19.1 Å². The molecule has 110 valence electrons. The minimum Gasteiger partial charge on any atom is -0.367 e. The molecule has 4 heteroatoms. The Kier molecular flexibility index (Phi) is 3.94. The van der Waals surface area contributed by atoms with Gasteiger partial charge in [-0.2, -0.15) is 0 Å². The first-order valence-electron chi connectivity index (χ1n) is 7.59. The topological polar surface area (TPSA) is 18.5 Å². The number of rotatable bonds is 3. The zero-order chi connectivity index (χ0) is 14.0. The predicted octanol–water partition coefficient (Wildman–Crippen LogP) is 1.95. The third kappa shape index (κ3) is 2.96. The molecule has 1 aromatic rings. The lowest BCUT2D eigenvalue weighted by Gasteiger charge is -2.39. The Morgan fingerprint density at radius 1 is 1.20 bits per heavy atom. The van der Waals surface area contributed by atoms with Gasteiger partial charge in [-0.15, -0.1) is 0 Å². The van der Waals surface area contributed by atoms with Gasteiger partial charge in [0, 0.05) is 39.3 Å². The van der Waals surface area contributed by atoms with Gasteiger partial charge in [-0.25, -0.2) is 4.39 Å². The van der Waals surface area contributed by atoms with Crippen LogP contribution in [0.25, 0.3) is 0 Å². The largest absolute Gasteiger partial charge is 0.367 e. The SMILES string of the molecule is CC1(CN2CCN(c3ccccc3F)CC2)CCNC1. The van der Waals surface area contributed by atoms with Crippen molar-refractivity contribution in [2.45, 2.75) is 13.3 Å². The number of anilines is 1. The Labute approximate surface area is 120 Å².